The SMILES string of the molecule is C[C@H](NC(=O)Cn1cc(CN)nn1)c1ccccn1. The summed E-state index contributed by atoms with van der Waals surface area (Å²) in [7, 11) is 0. The van der Waals surface area contributed by atoms with Gasteiger partial charge in [0.25, 0.3) is 0 Å². The van der Waals surface area contributed by atoms with Gasteiger partial charge in [0.2, 0.25) is 5.91 Å². The van der Waals surface area contributed by atoms with E-state index >= 15 is 0 Å². The van der Waals surface area contributed by atoms with Gasteiger partial charge < -0.3 is 11.1 Å². The van der Waals surface area contributed by atoms with Crippen molar-refractivity contribution in [1.29, 1.82) is 0 Å². The second-order valence-electron chi connectivity index (χ2n) is 4.16. The van der Waals surface area contributed by atoms with Crippen molar-refractivity contribution in [3.05, 3.63) is 42.0 Å². The van der Waals surface area contributed by atoms with E-state index < -0.39 is 0 Å². The molecule has 7 heteroatoms. The fraction of sp³-hybridized carbons (Fsp3) is 0.333. The van der Waals surface area contributed by atoms with Crippen molar-refractivity contribution in [2.24, 2.45) is 5.73 Å². The maximum absolute atomic E-state index is 11.8. The highest BCUT2D eigenvalue weighted by Gasteiger charge is 2.11. The molecule has 1 amide bonds. The van der Waals surface area contributed by atoms with Gasteiger partial charge in [-0.3, -0.25) is 9.78 Å². The molecule has 2 heterocycles. The monoisotopic (exact) mass is 260 g/mol. The number of nitrogens with zero attached hydrogens (tertiary/aromatic N) is 4. The molecule has 0 aromatic carbocycles. The van der Waals surface area contributed by atoms with Crippen LogP contribution in [0.4, 0.5) is 0 Å². The average Bonchev–Trinajstić information content (AvgIpc) is 2.87. The lowest BCUT2D eigenvalue weighted by Crippen LogP contribution is -2.30. The third-order valence-corrected chi connectivity index (χ3v) is 2.61. The van der Waals surface area contributed by atoms with E-state index in [4.69, 9.17) is 5.73 Å². The molecule has 19 heavy (non-hydrogen) atoms. The van der Waals surface area contributed by atoms with Gasteiger partial charge in [-0.05, 0) is 19.1 Å². The largest absolute Gasteiger partial charge is 0.346 e. The highest BCUT2D eigenvalue weighted by atomic mass is 16.2. The summed E-state index contributed by atoms with van der Waals surface area (Å²) in [4.78, 5) is 16.0. The molecule has 2 aromatic heterocycles. The summed E-state index contributed by atoms with van der Waals surface area (Å²) in [6, 6.07) is 5.44. The highest BCUT2D eigenvalue weighted by molar-refractivity contribution is 5.76. The minimum atomic E-state index is -0.147. The number of nitrogens with two attached hydrogens (primary N) is 1. The zero-order valence-electron chi connectivity index (χ0n) is 10.7. The van der Waals surface area contributed by atoms with Crippen molar-refractivity contribution in [3.8, 4) is 0 Å². The Labute approximate surface area is 110 Å². The topological polar surface area (TPSA) is 98.7 Å². The molecule has 1 atom stereocenters. The summed E-state index contributed by atoms with van der Waals surface area (Å²) in [5.41, 5.74) is 6.90. The van der Waals surface area contributed by atoms with Crippen LogP contribution in [0, 0.1) is 0 Å². The number of pyridine rings is 1. The molecule has 0 bridgehead atoms. The molecule has 2 rings (SSSR count). The second kappa shape index (κ2) is 6.05. The Balaban J connectivity index is 1.91. The third kappa shape index (κ3) is 3.59. The van der Waals surface area contributed by atoms with E-state index in [1.165, 1.54) is 4.68 Å². The predicted octanol–water partition coefficient (Wildman–Crippen LogP) is 0.00920. The van der Waals surface area contributed by atoms with E-state index in [0.717, 1.165) is 5.69 Å². The number of aromatic nitrogens is 4. The predicted molar refractivity (Wildman–Crippen MR) is 68.7 cm³/mol. The Morgan fingerprint density at radius 3 is 3.00 bits per heavy atom. The van der Waals surface area contributed by atoms with Crippen LogP contribution >= 0.6 is 0 Å². The molecule has 0 radical (unpaired) electrons. The van der Waals surface area contributed by atoms with Gasteiger partial charge in [-0.15, -0.1) is 5.10 Å². The minimum absolute atomic E-state index is 0.115. The summed E-state index contributed by atoms with van der Waals surface area (Å²) < 4.78 is 1.46. The van der Waals surface area contributed by atoms with Crippen LogP contribution < -0.4 is 11.1 Å². The fourth-order valence-corrected chi connectivity index (χ4v) is 1.65. The summed E-state index contributed by atoms with van der Waals surface area (Å²) in [6.07, 6.45) is 3.36. The first-order valence-corrected chi connectivity index (χ1v) is 5.98. The number of rotatable bonds is 5. The Kier molecular flexibility index (Phi) is 4.19. The number of nitrogens with one attached hydrogen (secondary N) is 1. The van der Waals surface area contributed by atoms with E-state index in [-0.39, 0.29) is 18.5 Å². The minimum Gasteiger partial charge on any atom is -0.346 e. The van der Waals surface area contributed by atoms with Crippen molar-refractivity contribution >= 4 is 5.91 Å². The van der Waals surface area contributed by atoms with Gasteiger partial charge >= 0.3 is 0 Å². The van der Waals surface area contributed by atoms with Gasteiger partial charge in [0.1, 0.15) is 6.54 Å². The first-order chi connectivity index (χ1) is 9.19. The Morgan fingerprint density at radius 2 is 2.37 bits per heavy atom. The van der Waals surface area contributed by atoms with Crippen LogP contribution in [-0.4, -0.2) is 25.9 Å². The molecule has 7 nitrogen and oxygen atoms in total. The number of amides is 1. The van der Waals surface area contributed by atoms with Crippen molar-refractivity contribution < 1.29 is 4.79 Å². The third-order valence-electron chi connectivity index (χ3n) is 2.61. The zero-order chi connectivity index (χ0) is 13.7. The Bertz CT molecular complexity index is 538. The zero-order valence-corrected chi connectivity index (χ0v) is 10.7. The molecular formula is C12H16N6O. The van der Waals surface area contributed by atoms with Crippen LogP contribution in [0.1, 0.15) is 24.4 Å². The van der Waals surface area contributed by atoms with Gasteiger partial charge in [-0.2, -0.15) is 0 Å². The fourth-order valence-electron chi connectivity index (χ4n) is 1.65. The number of carbonyl (C=O) groups excluding carboxylic acids is 1. The molecule has 0 saturated heterocycles. The summed E-state index contributed by atoms with van der Waals surface area (Å²) in [6.45, 7) is 2.31. The quantitative estimate of drug-likeness (QED) is 0.789. The van der Waals surface area contributed by atoms with Crippen LogP contribution in [-0.2, 0) is 17.9 Å². The molecule has 0 unspecified atom stereocenters. The van der Waals surface area contributed by atoms with Gasteiger partial charge in [-0.1, -0.05) is 11.3 Å². The highest BCUT2D eigenvalue weighted by Crippen LogP contribution is 2.07. The van der Waals surface area contributed by atoms with Gasteiger partial charge in [-0.25, -0.2) is 4.68 Å². The normalized spacial score (nSPS) is 12.1. The first-order valence-electron chi connectivity index (χ1n) is 5.98. The molecular weight excluding hydrogens is 244 g/mol. The van der Waals surface area contributed by atoms with E-state index in [9.17, 15) is 4.79 Å². The lowest BCUT2D eigenvalue weighted by molar-refractivity contribution is -0.122. The molecule has 3 N–H and O–H groups in total. The van der Waals surface area contributed by atoms with Crippen molar-refractivity contribution in [2.75, 3.05) is 0 Å². The van der Waals surface area contributed by atoms with Crippen LogP contribution in [0.5, 0.6) is 0 Å². The van der Waals surface area contributed by atoms with Crippen molar-refractivity contribution in [3.63, 3.8) is 0 Å². The molecule has 0 spiro atoms. The van der Waals surface area contributed by atoms with Gasteiger partial charge in [0, 0.05) is 12.7 Å². The van der Waals surface area contributed by atoms with Gasteiger partial charge in [0.05, 0.1) is 23.6 Å². The average molecular weight is 260 g/mol. The maximum atomic E-state index is 11.8. The first kappa shape index (κ1) is 13.2. The molecule has 0 fully saturated rings. The number of hydrogen-bond donors (Lipinski definition) is 2. The lowest BCUT2D eigenvalue weighted by Gasteiger charge is -2.12. The van der Waals surface area contributed by atoms with Crippen molar-refractivity contribution in [2.45, 2.75) is 26.1 Å². The number of carbonyl (C=O) groups is 1. The van der Waals surface area contributed by atoms with E-state index in [0.29, 0.717) is 12.2 Å². The number of hydrogen-bond acceptors (Lipinski definition) is 5. The molecule has 2 aromatic rings. The van der Waals surface area contributed by atoms with Crippen LogP contribution in [0.3, 0.4) is 0 Å². The molecule has 0 aliphatic rings. The lowest BCUT2D eigenvalue weighted by atomic mass is 10.2. The Morgan fingerprint density at radius 1 is 1.53 bits per heavy atom. The standard InChI is InChI=1S/C12H16N6O/c1-9(11-4-2-3-5-14-11)15-12(19)8-18-7-10(6-13)16-17-18/h2-5,7,9H,6,8,13H2,1H3,(H,15,19)/t9-/m0/s1. The molecule has 0 saturated carbocycles. The molecule has 0 aliphatic carbocycles. The molecule has 100 valence electrons. The smallest absolute Gasteiger partial charge is 0.242 e. The van der Waals surface area contributed by atoms with Crippen molar-refractivity contribution in [1.82, 2.24) is 25.3 Å². The maximum Gasteiger partial charge on any atom is 0.242 e. The van der Waals surface area contributed by atoms with Crippen LogP contribution in [0.2, 0.25) is 0 Å². The van der Waals surface area contributed by atoms with Crippen LogP contribution in [0.25, 0.3) is 0 Å². The summed E-state index contributed by atoms with van der Waals surface area (Å²) in [5, 5.41) is 10.5. The van der Waals surface area contributed by atoms with Gasteiger partial charge in [0.15, 0.2) is 0 Å². The Hall–Kier alpha value is -2.28. The van der Waals surface area contributed by atoms with E-state index in [1.54, 1.807) is 12.4 Å². The molecule has 0 aliphatic heterocycles. The van der Waals surface area contributed by atoms with E-state index in [2.05, 4.69) is 20.6 Å². The second-order valence-corrected chi connectivity index (χ2v) is 4.16. The van der Waals surface area contributed by atoms with E-state index in [1.807, 2.05) is 25.1 Å². The summed E-state index contributed by atoms with van der Waals surface area (Å²) >= 11 is 0. The summed E-state index contributed by atoms with van der Waals surface area (Å²) in [5.74, 6) is -0.147. The van der Waals surface area contributed by atoms with Crippen LogP contribution in [0.15, 0.2) is 30.6 Å².